The van der Waals surface area contributed by atoms with E-state index in [0.717, 1.165) is 34.6 Å². The number of benzene rings is 2. The van der Waals surface area contributed by atoms with Crippen LogP contribution in [-0.2, 0) is 9.59 Å². The van der Waals surface area contributed by atoms with E-state index in [1.807, 2.05) is 36.9 Å². The molecule has 2 aliphatic heterocycles. The first-order valence-electron chi connectivity index (χ1n) is 10.6. The van der Waals surface area contributed by atoms with Crippen LogP contribution in [0.25, 0.3) is 5.57 Å². The molecule has 2 amide bonds. The fraction of sp³-hybridized carbons (Fsp3) is 0.360. The number of anilines is 1. The van der Waals surface area contributed by atoms with Crippen LogP contribution in [0.5, 0.6) is 0 Å². The van der Waals surface area contributed by atoms with Crippen molar-refractivity contribution in [1.29, 1.82) is 0 Å². The van der Waals surface area contributed by atoms with Gasteiger partial charge in [-0.1, -0.05) is 37.6 Å². The zero-order valence-electron chi connectivity index (χ0n) is 18.2. The summed E-state index contributed by atoms with van der Waals surface area (Å²) in [5.74, 6) is -2.38. The number of halogens is 2. The Hall–Kier alpha value is -3.02. The quantitative estimate of drug-likeness (QED) is 0.662. The predicted octanol–water partition coefficient (Wildman–Crippen LogP) is 4.84. The van der Waals surface area contributed by atoms with Crippen molar-refractivity contribution < 1.29 is 18.4 Å². The van der Waals surface area contributed by atoms with Gasteiger partial charge in [0.15, 0.2) is 11.6 Å². The van der Waals surface area contributed by atoms with Gasteiger partial charge in [-0.3, -0.25) is 9.59 Å². The van der Waals surface area contributed by atoms with Gasteiger partial charge in [0.2, 0.25) is 0 Å². The lowest BCUT2D eigenvalue weighted by Crippen LogP contribution is -2.42. The third-order valence-electron chi connectivity index (χ3n) is 6.06. The topological polar surface area (TPSA) is 40.6 Å². The molecule has 31 heavy (non-hydrogen) atoms. The highest BCUT2D eigenvalue weighted by Gasteiger charge is 2.44. The standard InChI is InChI=1S/C25H26F2N2O2/c1-14-5-7-19(17(4)10-14)22-23(28-12-15(2)9-16(3)13-28)25(31)29(24(22)30)18-6-8-20(26)21(27)11-18/h5-8,10-11,15-16H,9,12-13H2,1-4H3. The maximum absolute atomic E-state index is 13.9. The minimum atomic E-state index is -1.10. The number of carbonyl (C=O) groups excluding carboxylic acids is 2. The van der Waals surface area contributed by atoms with Crippen molar-refractivity contribution in [3.05, 3.63) is 70.4 Å². The number of hydrogen-bond acceptors (Lipinski definition) is 3. The first kappa shape index (κ1) is 21.2. The lowest BCUT2D eigenvalue weighted by molar-refractivity contribution is -0.120. The van der Waals surface area contributed by atoms with Gasteiger partial charge >= 0.3 is 0 Å². The number of aryl methyl sites for hydroxylation is 2. The van der Waals surface area contributed by atoms with Gasteiger partial charge in [0.05, 0.1) is 11.3 Å². The molecule has 1 fully saturated rings. The molecule has 162 valence electrons. The Morgan fingerprint density at radius 3 is 2.16 bits per heavy atom. The van der Waals surface area contributed by atoms with Crippen LogP contribution in [0.3, 0.4) is 0 Å². The van der Waals surface area contributed by atoms with E-state index >= 15 is 0 Å². The third kappa shape index (κ3) is 3.75. The molecule has 0 aromatic heterocycles. The van der Waals surface area contributed by atoms with Crippen molar-refractivity contribution in [3.63, 3.8) is 0 Å². The molecular formula is C25H26F2N2O2. The van der Waals surface area contributed by atoms with Crippen LogP contribution < -0.4 is 4.90 Å². The third-order valence-corrected chi connectivity index (χ3v) is 6.06. The van der Waals surface area contributed by atoms with Gasteiger partial charge in [0, 0.05) is 19.2 Å². The zero-order valence-corrected chi connectivity index (χ0v) is 18.2. The Morgan fingerprint density at radius 2 is 1.55 bits per heavy atom. The molecule has 0 bridgehead atoms. The first-order chi connectivity index (χ1) is 14.7. The summed E-state index contributed by atoms with van der Waals surface area (Å²) in [6.45, 7) is 9.47. The van der Waals surface area contributed by atoms with Gasteiger partial charge in [0.25, 0.3) is 11.8 Å². The van der Waals surface area contributed by atoms with Crippen LogP contribution >= 0.6 is 0 Å². The van der Waals surface area contributed by atoms with Crippen molar-refractivity contribution in [3.8, 4) is 0 Å². The Labute approximate surface area is 181 Å². The van der Waals surface area contributed by atoms with Crippen molar-refractivity contribution in [1.82, 2.24) is 4.90 Å². The number of nitrogens with zero attached hydrogens (tertiary/aromatic N) is 2. The van der Waals surface area contributed by atoms with Gasteiger partial charge in [0.1, 0.15) is 5.70 Å². The molecule has 1 saturated heterocycles. The molecule has 4 nitrogen and oxygen atoms in total. The molecule has 2 heterocycles. The van der Waals surface area contributed by atoms with Gasteiger partial charge in [-0.2, -0.15) is 0 Å². The molecule has 2 atom stereocenters. The smallest absolute Gasteiger partial charge is 0.282 e. The molecule has 6 heteroatoms. The van der Waals surface area contributed by atoms with Crippen LogP contribution in [0.15, 0.2) is 42.1 Å². The van der Waals surface area contributed by atoms with E-state index < -0.39 is 23.4 Å². The minimum absolute atomic E-state index is 0.0317. The predicted molar refractivity (Wildman–Crippen MR) is 116 cm³/mol. The summed E-state index contributed by atoms with van der Waals surface area (Å²) in [6.07, 6.45) is 1.05. The van der Waals surface area contributed by atoms with E-state index in [1.165, 1.54) is 6.07 Å². The van der Waals surface area contributed by atoms with Crippen molar-refractivity contribution >= 4 is 23.1 Å². The van der Waals surface area contributed by atoms with E-state index in [-0.39, 0.29) is 5.69 Å². The van der Waals surface area contributed by atoms with Crippen LogP contribution in [0.1, 0.15) is 37.0 Å². The first-order valence-corrected chi connectivity index (χ1v) is 10.6. The summed E-state index contributed by atoms with van der Waals surface area (Å²) in [5.41, 5.74) is 3.34. The molecule has 0 N–H and O–H groups in total. The Balaban J connectivity index is 1.87. The Bertz CT molecular complexity index is 1100. The molecule has 2 aromatic carbocycles. The maximum atomic E-state index is 13.9. The number of amides is 2. The number of carbonyl (C=O) groups is 2. The van der Waals surface area contributed by atoms with Crippen LogP contribution in [0, 0.1) is 37.3 Å². The summed E-state index contributed by atoms with van der Waals surface area (Å²) in [7, 11) is 0. The summed E-state index contributed by atoms with van der Waals surface area (Å²) in [4.78, 5) is 30.1. The van der Waals surface area contributed by atoms with Crippen LogP contribution in [0.2, 0.25) is 0 Å². The zero-order chi connectivity index (χ0) is 22.4. The average Bonchev–Trinajstić information content (AvgIpc) is 2.94. The molecule has 0 radical (unpaired) electrons. The molecule has 0 spiro atoms. The molecule has 0 saturated carbocycles. The number of likely N-dealkylation sites (tertiary alicyclic amines) is 1. The number of piperidine rings is 1. The van der Waals surface area contributed by atoms with Gasteiger partial charge < -0.3 is 4.90 Å². The van der Waals surface area contributed by atoms with E-state index in [9.17, 15) is 18.4 Å². The van der Waals surface area contributed by atoms with E-state index in [2.05, 4.69) is 13.8 Å². The normalized spacial score (nSPS) is 22.0. The molecule has 4 rings (SSSR count). The Morgan fingerprint density at radius 1 is 0.871 bits per heavy atom. The maximum Gasteiger partial charge on any atom is 0.282 e. The number of hydrogen-bond donors (Lipinski definition) is 0. The SMILES string of the molecule is Cc1ccc(C2=C(N3CC(C)CC(C)C3)C(=O)N(c3ccc(F)c(F)c3)C2=O)c(C)c1. The number of rotatable bonds is 3. The van der Waals surface area contributed by atoms with E-state index in [0.29, 0.717) is 41.8 Å². The van der Waals surface area contributed by atoms with E-state index in [1.54, 1.807) is 0 Å². The molecule has 2 unspecified atom stereocenters. The largest absolute Gasteiger partial charge is 0.366 e. The highest BCUT2D eigenvalue weighted by molar-refractivity contribution is 6.45. The lowest BCUT2D eigenvalue weighted by atomic mass is 9.90. The van der Waals surface area contributed by atoms with Crippen molar-refractivity contribution in [2.75, 3.05) is 18.0 Å². The molecule has 2 aromatic rings. The summed E-state index contributed by atoms with van der Waals surface area (Å²) >= 11 is 0. The second-order valence-corrected chi connectivity index (χ2v) is 8.94. The van der Waals surface area contributed by atoms with E-state index in [4.69, 9.17) is 0 Å². The van der Waals surface area contributed by atoms with Crippen molar-refractivity contribution in [2.45, 2.75) is 34.1 Å². The summed E-state index contributed by atoms with van der Waals surface area (Å²) < 4.78 is 27.4. The second-order valence-electron chi connectivity index (χ2n) is 8.94. The van der Waals surface area contributed by atoms with Crippen molar-refractivity contribution in [2.24, 2.45) is 11.8 Å². The van der Waals surface area contributed by atoms with Gasteiger partial charge in [-0.15, -0.1) is 0 Å². The monoisotopic (exact) mass is 424 g/mol. The van der Waals surface area contributed by atoms with Crippen LogP contribution in [-0.4, -0.2) is 29.8 Å². The van der Waals surface area contributed by atoms with Gasteiger partial charge in [-0.25, -0.2) is 13.7 Å². The highest BCUT2D eigenvalue weighted by atomic mass is 19.2. The molecule has 2 aliphatic rings. The summed E-state index contributed by atoms with van der Waals surface area (Å²) in [5, 5.41) is 0. The molecular weight excluding hydrogens is 398 g/mol. The van der Waals surface area contributed by atoms with Gasteiger partial charge in [-0.05, 0) is 55.4 Å². The van der Waals surface area contributed by atoms with Crippen LogP contribution in [0.4, 0.5) is 14.5 Å². The molecule has 0 aliphatic carbocycles. The minimum Gasteiger partial charge on any atom is -0.366 e. The average molecular weight is 424 g/mol. The fourth-order valence-electron chi connectivity index (χ4n) is 4.85. The number of imide groups is 1. The second kappa shape index (κ2) is 7.91. The lowest BCUT2D eigenvalue weighted by Gasteiger charge is -2.37. The summed E-state index contributed by atoms with van der Waals surface area (Å²) in [6, 6.07) is 8.83. The fourth-order valence-corrected chi connectivity index (χ4v) is 4.85. The highest BCUT2D eigenvalue weighted by Crippen LogP contribution is 2.38. The Kier molecular flexibility index (Phi) is 5.42.